The lowest BCUT2D eigenvalue weighted by atomic mass is 9.95. The molecule has 1 aliphatic heterocycles. The molecule has 2 fully saturated rings. The van der Waals surface area contributed by atoms with Crippen LogP contribution in [0.5, 0.6) is 0 Å². The molecule has 4 rings (SSSR count). The normalized spacial score (nSPS) is 17.8. The van der Waals surface area contributed by atoms with Gasteiger partial charge < -0.3 is 15.5 Å². The van der Waals surface area contributed by atoms with Gasteiger partial charge in [-0.05, 0) is 80.4 Å². The van der Waals surface area contributed by atoms with Crippen LogP contribution in [0.1, 0.15) is 63.4 Å². The summed E-state index contributed by atoms with van der Waals surface area (Å²) in [6.45, 7) is 5.19. The molecule has 33 heavy (non-hydrogen) atoms. The van der Waals surface area contributed by atoms with Gasteiger partial charge in [-0.15, -0.1) is 12.4 Å². The summed E-state index contributed by atoms with van der Waals surface area (Å²) in [4.78, 5) is 15.0. The molecular formula is C28H42ClN3O. The van der Waals surface area contributed by atoms with E-state index in [4.69, 9.17) is 0 Å². The highest BCUT2D eigenvalue weighted by atomic mass is 35.5. The van der Waals surface area contributed by atoms with Crippen LogP contribution in [0, 0.1) is 5.92 Å². The fraction of sp³-hybridized carbons (Fsp3) is 0.607. The number of rotatable bonds is 10. The van der Waals surface area contributed by atoms with Crippen molar-refractivity contribution < 1.29 is 4.79 Å². The highest BCUT2D eigenvalue weighted by molar-refractivity contribution is 5.90. The SMILES string of the molecule is Cl.O=C(Cc1cccc2ccccc12)N1CCC(CNCCCCNC2CCCCC2)CC1. The van der Waals surface area contributed by atoms with Gasteiger partial charge in [0.15, 0.2) is 0 Å². The topological polar surface area (TPSA) is 44.4 Å². The molecule has 1 amide bonds. The standard InChI is InChI=1S/C28H41N3O.ClH/c32-28(21-25-11-8-10-24-9-4-5-14-27(24)25)31-19-15-23(16-20-31)22-29-17-6-7-18-30-26-12-2-1-3-13-26;/h4-5,8-11,14,23,26,29-30H,1-3,6-7,12-13,15-22H2;1H. The van der Waals surface area contributed by atoms with E-state index in [-0.39, 0.29) is 18.3 Å². The first-order valence-corrected chi connectivity index (χ1v) is 13.0. The second-order valence-corrected chi connectivity index (χ2v) is 9.84. The summed E-state index contributed by atoms with van der Waals surface area (Å²) in [6.07, 6.45) is 12.3. The number of hydrogen-bond donors (Lipinski definition) is 2. The molecule has 2 aliphatic rings. The molecule has 0 spiro atoms. The number of unbranched alkanes of at least 4 members (excludes halogenated alkanes) is 1. The zero-order chi connectivity index (χ0) is 22.0. The van der Waals surface area contributed by atoms with E-state index in [1.54, 1.807) is 0 Å². The Balaban J connectivity index is 0.00000306. The smallest absolute Gasteiger partial charge is 0.227 e. The van der Waals surface area contributed by atoms with Crippen LogP contribution in [0.4, 0.5) is 0 Å². The van der Waals surface area contributed by atoms with Crippen molar-refractivity contribution in [3.8, 4) is 0 Å². The zero-order valence-corrected chi connectivity index (χ0v) is 20.9. The molecule has 2 aromatic rings. The van der Waals surface area contributed by atoms with E-state index >= 15 is 0 Å². The monoisotopic (exact) mass is 471 g/mol. The van der Waals surface area contributed by atoms with E-state index < -0.39 is 0 Å². The Morgan fingerprint density at radius 2 is 1.61 bits per heavy atom. The minimum Gasteiger partial charge on any atom is -0.342 e. The maximum atomic E-state index is 12.9. The van der Waals surface area contributed by atoms with E-state index in [1.165, 1.54) is 62.3 Å². The summed E-state index contributed by atoms with van der Waals surface area (Å²) < 4.78 is 0. The molecule has 0 bridgehead atoms. The average Bonchev–Trinajstić information content (AvgIpc) is 2.85. The Kier molecular flexibility index (Phi) is 11.0. The van der Waals surface area contributed by atoms with Crippen molar-refractivity contribution in [2.45, 2.75) is 70.3 Å². The number of amides is 1. The maximum Gasteiger partial charge on any atom is 0.227 e. The quantitative estimate of drug-likeness (QED) is 0.460. The van der Waals surface area contributed by atoms with Gasteiger partial charge in [0.1, 0.15) is 0 Å². The molecule has 5 heteroatoms. The Hall–Kier alpha value is -1.62. The molecule has 0 unspecified atom stereocenters. The molecular weight excluding hydrogens is 430 g/mol. The van der Waals surface area contributed by atoms with Gasteiger partial charge in [-0.3, -0.25) is 4.79 Å². The minimum atomic E-state index is 0. The summed E-state index contributed by atoms with van der Waals surface area (Å²) in [5, 5.41) is 9.83. The van der Waals surface area contributed by atoms with Gasteiger partial charge in [0.2, 0.25) is 5.91 Å². The fourth-order valence-electron chi connectivity index (χ4n) is 5.40. The predicted octanol–water partition coefficient (Wildman–Crippen LogP) is 5.33. The number of carbonyl (C=O) groups excluding carboxylic acids is 1. The molecule has 2 N–H and O–H groups in total. The summed E-state index contributed by atoms with van der Waals surface area (Å²) in [5.41, 5.74) is 1.15. The molecule has 182 valence electrons. The Morgan fingerprint density at radius 1 is 0.879 bits per heavy atom. The van der Waals surface area contributed by atoms with Crippen LogP contribution in [0.2, 0.25) is 0 Å². The van der Waals surface area contributed by atoms with Crippen molar-refractivity contribution in [1.82, 2.24) is 15.5 Å². The van der Waals surface area contributed by atoms with Crippen LogP contribution in [0.25, 0.3) is 10.8 Å². The van der Waals surface area contributed by atoms with Gasteiger partial charge in [-0.25, -0.2) is 0 Å². The van der Waals surface area contributed by atoms with Gasteiger partial charge in [0.05, 0.1) is 6.42 Å². The van der Waals surface area contributed by atoms with Crippen molar-refractivity contribution in [2.75, 3.05) is 32.7 Å². The molecule has 2 aromatic carbocycles. The molecule has 4 nitrogen and oxygen atoms in total. The van der Waals surface area contributed by atoms with E-state index in [2.05, 4.69) is 58.0 Å². The number of benzene rings is 2. The largest absolute Gasteiger partial charge is 0.342 e. The van der Waals surface area contributed by atoms with Crippen LogP contribution in [0.3, 0.4) is 0 Å². The maximum absolute atomic E-state index is 12.9. The van der Waals surface area contributed by atoms with Crippen LogP contribution < -0.4 is 10.6 Å². The van der Waals surface area contributed by atoms with E-state index in [1.807, 2.05) is 0 Å². The highest BCUT2D eigenvalue weighted by Crippen LogP contribution is 2.22. The Labute approximate surface area is 206 Å². The van der Waals surface area contributed by atoms with Crippen molar-refractivity contribution in [3.05, 3.63) is 48.0 Å². The lowest BCUT2D eigenvalue weighted by molar-refractivity contribution is -0.131. The molecule has 1 heterocycles. The lowest BCUT2D eigenvalue weighted by Crippen LogP contribution is -2.41. The average molecular weight is 472 g/mol. The molecule has 0 radical (unpaired) electrons. The second-order valence-electron chi connectivity index (χ2n) is 9.84. The van der Waals surface area contributed by atoms with E-state index in [0.717, 1.165) is 50.6 Å². The second kappa shape index (κ2) is 13.9. The first kappa shape index (κ1) is 26.0. The first-order chi connectivity index (χ1) is 15.8. The molecule has 0 aromatic heterocycles. The number of likely N-dealkylation sites (tertiary alicyclic amines) is 1. The van der Waals surface area contributed by atoms with Crippen molar-refractivity contribution in [3.63, 3.8) is 0 Å². The number of carbonyl (C=O) groups is 1. The molecule has 1 saturated carbocycles. The first-order valence-electron chi connectivity index (χ1n) is 13.0. The fourth-order valence-corrected chi connectivity index (χ4v) is 5.40. The van der Waals surface area contributed by atoms with Gasteiger partial charge in [-0.2, -0.15) is 0 Å². The summed E-state index contributed by atoms with van der Waals surface area (Å²) >= 11 is 0. The van der Waals surface area contributed by atoms with Crippen LogP contribution >= 0.6 is 12.4 Å². The Morgan fingerprint density at radius 3 is 2.42 bits per heavy atom. The number of nitrogens with zero attached hydrogens (tertiary/aromatic N) is 1. The number of hydrogen-bond acceptors (Lipinski definition) is 3. The van der Waals surface area contributed by atoms with Crippen molar-refractivity contribution >= 4 is 29.1 Å². The number of halogens is 1. The third-order valence-electron chi connectivity index (χ3n) is 7.44. The number of piperidine rings is 1. The zero-order valence-electron chi connectivity index (χ0n) is 20.1. The molecule has 1 saturated heterocycles. The molecule has 1 aliphatic carbocycles. The summed E-state index contributed by atoms with van der Waals surface area (Å²) in [7, 11) is 0. The number of nitrogens with one attached hydrogen (secondary N) is 2. The molecule has 0 atom stereocenters. The number of fused-ring (bicyclic) bond motifs is 1. The van der Waals surface area contributed by atoms with E-state index in [9.17, 15) is 4.79 Å². The van der Waals surface area contributed by atoms with Crippen LogP contribution in [0.15, 0.2) is 42.5 Å². The predicted molar refractivity (Wildman–Crippen MR) is 141 cm³/mol. The minimum absolute atomic E-state index is 0. The van der Waals surface area contributed by atoms with Gasteiger partial charge in [-0.1, -0.05) is 61.7 Å². The lowest BCUT2D eigenvalue weighted by Gasteiger charge is -2.32. The third kappa shape index (κ3) is 7.98. The summed E-state index contributed by atoms with van der Waals surface area (Å²) in [5.74, 6) is 0.982. The van der Waals surface area contributed by atoms with Crippen LogP contribution in [-0.4, -0.2) is 49.6 Å². The Bertz CT molecular complexity index is 839. The van der Waals surface area contributed by atoms with Gasteiger partial charge >= 0.3 is 0 Å². The van der Waals surface area contributed by atoms with Crippen LogP contribution in [-0.2, 0) is 11.2 Å². The summed E-state index contributed by atoms with van der Waals surface area (Å²) in [6, 6.07) is 15.4. The van der Waals surface area contributed by atoms with Gasteiger partial charge in [0, 0.05) is 19.1 Å². The van der Waals surface area contributed by atoms with Crippen molar-refractivity contribution in [2.24, 2.45) is 5.92 Å². The highest BCUT2D eigenvalue weighted by Gasteiger charge is 2.23. The third-order valence-corrected chi connectivity index (χ3v) is 7.44. The van der Waals surface area contributed by atoms with Crippen molar-refractivity contribution in [1.29, 1.82) is 0 Å². The van der Waals surface area contributed by atoms with E-state index in [0.29, 0.717) is 12.3 Å². The van der Waals surface area contributed by atoms with Gasteiger partial charge in [0.25, 0.3) is 0 Å².